The predicted molar refractivity (Wildman–Crippen MR) is 44.2 cm³/mol. The topological polar surface area (TPSA) is 25.8 Å². The molecule has 1 unspecified atom stereocenters. The van der Waals surface area contributed by atoms with Gasteiger partial charge in [0.2, 0.25) is 0 Å². The van der Waals surface area contributed by atoms with Crippen LogP contribution in [-0.2, 0) is 0 Å². The number of aromatic nitrogens is 2. The van der Waals surface area contributed by atoms with Gasteiger partial charge in [0.05, 0.1) is 11.4 Å². The van der Waals surface area contributed by atoms with E-state index in [1.165, 1.54) is 0 Å². The van der Waals surface area contributed by atoms with Crippen molar-refractivity contribution in [3.05, 3.63) is 23.8 Å². The molecule has 0 N–H and O–H groups in total. The molecule has 0 saturated heterocycles. The molecule has 0 bridgehead atoms. The van der Waals surface area contributed by atoms with Gasteiger partial charge in [0.15, 0.2) is 0 Å². The summed E-state index contributed by atoms with van der Waals surface area (Å²) in [6, 6.07) is 0. The monoisotopic (exact) mass is 154 g/mol. The number of hydrogen-bond donors (Lipinski definition) is 1. The first-order valence-electron chi connectivity index (χ1n) is 3.17. The summed E-state index contributed by atoms with van der Waals surface area (Å²) < 4.78 is 0. The Balaban J connectivity index is 3.03. The van der Waals surface area contributed by atoms with Gasteiger partial charge in [-0.2, -0.15) is 12.6 Å². The van der Waals surface area contributed by atoms with E-state index in [9.17, 15) is 0 Å². The zero-order valence-electron chi connectivity index (χ0n) is 6.07. The van der Waals surface area contributed by atoms with E-state index in [2.05, 4.69) is 22.6 Å². The SMILES string of the molecule is Cc1nccnc1C(C)S. The summed E-state index contributed by atoms with van der Waals surface area (Å²) >= 11 is 4.25. The highest BCUT2D eigenvalue weighted by Crippen LogP contribution is 2.17. The Morgan fingerprint density at radius 1 is 1.40 bits per heavy atom. The van der Waals surface area contributed by atoms with Gasteiger partial charge in [0.25, 0.3) is 0 Å². The molecule has 0 aromatic carbocycles. The zero-order valence-corrected chi connectivity index (χ0v) is 6.97. The van der Waals surface area contributed by atoms with Crippen molar-refractivity contribution in [2.24, 2.45) is 0 Å². The molecule has 1 rings (SSSR count). The quantitative estimate of drug-likeness (QED) is 0.624. The van der Waals surface area contributed by atoms with Crippen molar-refractivity contribution in [1.82, 2.24) is 9.97 Å². The minimum Gasteiger partial charge on any atom is -0.258 e. The van der Waals surface area contributed by atoms with Gasteiger partial charge in [-0.05, 0) is 13.8 Å². The van der Waals surface area contributed by atoms with Crippen LogP contribution in [0.25, 0.3) is 0 Å². The van der Waals surface area contributed by atoms with Crippen LogP contribution in [0.4, 0.5) is 0 Å². The number of aryl methyl sites for hydroxylation is 1. The van der Waals surface area contributed by atoms with Crippen LogP contribution in [-0.4, -0.2) is 9.97 Å². The molecule has 1 heterocycles. The molecule has 0 fully saturated rings. The van der Waals surface area contributed by atoms with Crippen molar-refractivity contribution in [3.8, 4) is 0 Å². The van der Waals surface area contributed by atoms with E-state index in [1.807, 2.05) is 13.8 Å². The van der Waals surface area contributed by atoms with Crippen LogP contribution >= 0.6 is 12.6 Å². The number of thiol groups is 1. The van der Waals surface area contributed by atoms with Crippen LogP contribution < -0.4 is 0 Å². The van der Waals surface area contributed by atoms with Crippen molar-refractivity contribution in [2.45, 2.75) is 19.1 Å². The Morgan fingerprint density at radius 3 is 2.40 bits per heavy atom. The van der Waals surface area contributed by atoms with Crippen LogP contribution in [0.3, 0.4) is 0 Å². The van der Waals surface area contributed by atoms with E-state index in [0.29, 0.717) is 0 Å². The van der Waals surface area contributed by atoms with E-state index in [4.69, 9.17) is 0 Å². The summed E-state index contributed by atoms with van der Waals surface area (Å²) in [7, 11) is 0. The van der Waals surface area contributed by atoms with Crippen molar-refractivity contribution in [1.29, 1.82) is 0 Å². The Kier molecular flexibility index (Phi) is 2.27. The third-order valence-electron chi connectivity index (χ3n) is 1.31. The molecule has 2 nitrogen and oxygen atoms in total. The van der Waals surface area contributed by atoms with Crippen LogP contribution in [0.2, 0.25) is 0 Å². The number of hydrogen-bond acceptors (Lipinski definition) is 3. The lowest BCUT2D eigenvalue weighted by Crippen LogP contribution is -1.95. The van der Waals surface area contributed by atoms with Crippen molar-refractivity contribution in [3.63, 3.8) is 0 Å². The van der Waals surface area contributed by atoms with Crippen LogP contribution in [0, 0.1) is 6.92 Å². The molecule has 0 aliphatic carbocycles. The molecular weight excluding hydrogens is 144 g/mol. The van der Waals surface area contributed by atoms with Crippen molar-refractivity contribution < 1.29 is 0 Å². The first-order chi connectivity index (χ1) is 4.72. The molecule has 1 atom stereocenters. The van der Waals surface area contributed by atoms with Crippen molar-refractivity contribution in [2.75, 3.05) is 0 Å². The average molecular weight is 154 g/mol. The lowest BCUT2D eigenvalue weighted by atomic mass is 10.2. The van der Waals surface area contributed by atoms with Crippen LogP contribution in [0.1, 0.15) is 23.6 Å². The molecule has 0 saturated carbocycles. The minimum atomic E-state index is 0.175. The normalized spacial score (nSPS) is 13.1. The van der Waals surface area contributed by atoms with Gasteiger partial charge >= 0.3 is 0 Å². The Bertz CT molecular complexity index is 223. The number of nitrogens with zero attached hydrogens (tertiary/aromatic N) is 2. The standard InChI is InChI=1S/C7H10N2S/c1-5-7(6(2)10)9-4-3-8-5/h3-4,6,10H,1-2H3. The lowest BCUT2D eigenvalue weighted by Gasteiger charge is -2.04. The second-order valence-electron chi connectivity index (χ2n) is 2.20. The zero-order chi connectivity index (χ0) is 7.56. The molecule has 3 heteroatoms. The highest BCUT2D eigenvalue weighted by atomic mass is 32.1. The molecule has 0 aliphatic rings. The molecule has 1 aromatic heterocycles. The minimum absolute atomic E-state index is 0.175. The van der Waals surface area contributed by atoms with E-state index >= 15 is 0 Å². The summed E-state index contributed by atoms with van der Waals surface area (Å²) in [5.41, 5.74) is 1.93. The van der Waals surface area contributed by atoms with E-state index < -0.39 is 0 Å². The maximum Gasteiger partial charge on any atom is 0.0740 e. The van der Waals surface area contributed by atoms with Crippen LogP contribution in [0.15, 0.2) is 12.4 Å². The molecular formula is C7H10N2S. The Labute approximate surface area is 66.1 Å². The third-order valence-corrected chi connectivity index (χ3v) is 1.56. The van der Waals surface area contributed by atoms with Crippen molar-refractivity contribution >= 4 is 12.6 Å². The maximum atomic E-state index is 4.25. The van der Waals surface area contributed by atoms with E-state index in [-0.39, 0.29) is 5.25 Å². The summed E-state index contributed by atoms with van der Waals surface area (Å²) in [4.78, 5) is 8.23. The predicted octanol–water partition coefficient (Wildman–Crippen LogP) is 1.78. The first kappa shape index (κ1) is 7.54. The van der Waals surface area contributed by atoms with Crippen LogP contribution in [0.5, 0.6) is 0 Å². The summed E-state index contributed by atoms with van der Waals surface area (Å²) in [5, 5.41) is 0.175. The highest BCUT2D eigenvalue weighted by Gasteiger charge is 2.03. The second-order valence-corrected chi connectivity index (χ2v) is 2.98. The van der Waals surface area contributed by atoms with Gasteiger partial charge in [-0.3, -0.25) is 9.97 Å². The lowest BCUT2D eigenvalue weighted by molar-refractivity contribution is 0.944. The molecule has 1 aromatic rings. The molecule has 0 spiro atoms. The molecule has 0 radical (unpaired) electrons. The average Bonchev–Trinajstić information content (AvgIpc) is 1.88. The van der Waals surface area contributed by atoms with Gasteiger partial charge in [0.1, 0.15) is 0 Å². The first-order valence-corrected chi connectivity index (χ1v) is 3.69. The van der Waals surface area contributed by atoms with Gasteiger partial charge in [0, 0.05) is 17.6 Å². The van der Waals surface area contributed by atoms with Gasteiger partial charge in [-0.25, -0.2) is 0 Å². The fraction of sp³-hybridized carbons (Fsp3) is 0.429. The second kappa shape index (κ2) is 3.01. The number of rotatable bonds is 1. The summed E-state index contributed by atoms with van der Waals surface area (Å²) in [6.07, 6.45) is 3.38. The van der Waals surface area contributed by atoms with E-state index in [0.717, 1.165) is 11.4 Å². The van der Waals surface area contributed by atoms with Gasteiger partial charge in [-0.1, -0.05) is 0 Å². The highest BCUT2D eigenvalue weighted by molar-refractivity contribution is 7.80. The largest absolute Gasteiger partial charge is 0.258 e. The van der Waals surface area contributed by atoms with Gasteiger partial charge in [-0.15, -0.1) is 0 Å². The Morgan fingerprint density at radius 2 is 2.00 bits per heavy atom. The molecule has 0 aliphatic heterocycles. The smallest absolute Gasteiger partial charge is 0.0740 e. The summed E-state index contributed by atoms with van der Waals surface area (Å²) in [6.45, 7) is 3.93. The maximum absolute atomic E-state index is 4.25. The van der Waals surface area contributed by atoms with E-state index in [1.54, 1.807) is 12.4 Å². The molecule has 54 valence electrons. The summed E-state index contributed by atoms with van der Waals surface area (Å²) in [5.74, 6) is 0. The Hall–Kier alpha value is -0.570. The molecule has 0 amide bonds. The third kappa shape index (κ3) is 1.48. The van der Waals surface area contributed by atoms with Gasteiger partial charge < -0.3 is 0 Å². The molecule has 10 heavy (non-hydrogen) atoms. The fourth-order valence-corrected chi connectivity index (χ4v) is 1.08. The fourth-order valence-electron chi connectivity index (χ4n) is 0.828.